The molecule has 2 aromatic rings. The van der Waals surface area contributed by atoms with Crippen LogP contribution in [-0.2, 0) is 4.74 Å². The molecular weight excluding hydrogens is 326 g/mol. The van der Waals surface area contributed by atoms with Crippen LogP contribution < -0.4 is 4.90 Å². The number of ether oxygens (including phenoxy) is 1. The Bertz CT molecular complexity index is 757. The van der Waals surface area contributed by atoms with E-state index in [1.807, 2.05) is 54.2 Å². The zero-order valence-corrected chi connectivity index (χ0v) is 15.3. The first-order valence-corrected chi connectivity index (χ1v) is 9.25. The first kappa shape index (κ1) is 17.0. The molecule has 2 fully saturated rings. The summed E-state index contributed by atoms with van der Waals surface area (Å²) in [5.74, 6) is 1.48. The number of anilines is 1. The minimum Gasteiger partial charge on any atom is -0.366 e. The molecule has 0 bridgehead atoms. The number of pyridine rings is 1. The molecule has 5 nitrogen and oxygen atoms in total. The van der Waals surface area contributed by atoms with Gasteiger partial charge in [0, 0.05) is 26.8 Å². The van der Waals surface area contributed by atoms with Gasteiger partial charge in [-0.25, -0.2) is 4.98 Å². The zero-order valence-electron chi connectivity index (χ0n) is 15.3. The number of hydrogen-bond acceptors (Lipinski definition) is 4. The molecule has 0 N–H and O–H groups in total. The Morgan fingerprint density at radius 1 is 1.12 bits per heavy atom. The van der Waals surface area contributed by atoms with Gasteiger partial charge in [0.2, 0.25) is 0 Å². The molecule has 0 radical (unpaired) electrons. The van der Waals surface area contributed by atoms with Crippen LogP contribution in [0.4, 0.5) is 5.82 Å². The largest absolute Gasteiger partial charge is 0.366 e. The second-order valence-corrected chi connectivity index (χ2v) is 7.42. The molecule has 1 aliphatic heterocycles. The van der Waals surface area contributed by atoms with Crippen LogP contribution in [0.25, 0.3) is 0 Å². The first-order valence-electron chi connectivity index (χ1n) is 9.25. The lowest BCUT2D eigenvalue weighted by atomic mass is 10.0. The highest BCUT2D eigenvalue weighted by Crippen LogP contribution is 2.39. The Hall–Kier alpha value is -2.40. The number of benzene rings is 1. The molecule has 0 spiro atoms. The van der Waals surface area contributed by atoms with Gasteiger partial charge in [0.15, 0.2) is 0 Å². The molecule has 26 heavy (non-hydrogen) atoms. The summed E-state index contributed by atoms with van der Waals surface area (Å²) in [4.78, 5) is 21.3. The van der Waals surface area contributed by atoms with Crippen molar-refractivity contribution in [3.63, 3.8) is 0 Å². The highest BCUT2D eigenvalue weighted by Gasteiger charge is 2.40. The van der Waals surface area contributed by atoms with Gasteiger partial charge in [-0.15, -0.1) is 0 Å². The van der Waals surface area contributed by atoms with E-state index in [-0.39, 0.29) is 18.1 Å². The van der Waals surface area contributed by atoms with Crippen molar-refractivity contribution in [2.24, 2.45) is 5.92 Å². The maximum atomic E-state index is 13.1. The maximum Gasteiger partial charge on any atom is 0.255 e. The Kier molecular flexibility index (Phi) is 4.64. The number of nitrogens with zero attached hydrogens (tertiary/aromatic N) is 3. The van der Waals surface area contributed by atoms with Crippen molar-refractivity contribution >= 4 is 11.7 Å². The highest BCUT2D eigenvalue weighted by molar-refractivity contribution is 5.94. The van der Waals surface area contributed by atoms with Crippen LogP contribution in [0.2, 0.25) is 0 Å². The van der Waals surface area contributed by atoms with Crippen molar-refractivity contribution < 1.29 is 9.53 Å². The average Bonchev–Trinajstić information content (AvgIpc) is 3.53. The lowest BCUT2D eigenvalue weighted by Gasteiger charge is -2.38. The van der Waals surface area contributed by atoms with Crippen molar-refractivity contribution in [2.75, 3.05) is 32.1 Å². The zero-order chi connectivity index (χ0) is 18.1. The minimum atomic E-state index is -0.0616. The van der Waals surface area contributed by atoms with Gasteiger partial charge in [-0.1, -0.05) is 30.3 Å². The van der Waals surface area contributed by atoms with Crippen LogP contribution in [0.3, 0.4) is 0 Å². The molecule has 2 aliphatic rings. The molecule has 2 atom stereocenters. The summed E-state index contributed by atoms with van der Waals surface area (Å²) in [6.07, 6.45) is 4.15. The number of hydrogen-bond donors (Lipinski definition) is 0. The second kappa shape index (κ2) is 7.08. The van der Waals surface area contributed by atoms with E-state index < -0.39 is 0 Å². The highest BCUT2D eigenvalue weighted by atomic mass is 16.5. The third kappa shape index (κ3) is 3.58. The predicted molar refractivity (Wildman–Crippen MR) is 101 cm³/mol. The van der Waals surface area contributed by atoms with Gasteiger partial charge in [-0.3, -0.25) is 4.79 Å². The van der Waals surface area contributed by atoms with Gasteiger partial charge in [0.1, 0.15) is 11.9 Å². The molecular formula is C21H25N3O2. The third-order valence-electron chi connectivity index (χ3n) is 5.18. The van der Waals surface area contributed by atoms with Crippen LogP contribution in [0.15, 0.2) is 48.7 Å². The van der Waals surface area contributed by atoms with E-state index in [9.17, 15) is 4.79 Å². The molecule has 1 aromatic carbocycles. The summed E-state index contributed by atoms with van der Waals surface area (Å²) in [5.41, 5.74) is 1.77. The molecule has 1 saturated carbocycles. The molecule has 5 heteroatoms. The summed E-state index contributed by atoms with van der Waals surface area (Å²) in [7, 11) is 3.88. The lowest BCUT2D eigenvalue weighted by molar-refractivity contribution is -0.0864. The monoisotopic (exact) mass is 351 g/mol. The summed E-state index contributed by atoms with van der Waals surface area (Å²) in [5, 5.41) is 0. The minimum absolute atomic E-state index is 0.0395. The fraction of sp³-hybridized carbons (Fsp3) is 0.429. The predicted octanol–water partition coefficient (Wildman–Crippen LogP) is 3.14. The van der Waals surface area contributed by atoms with Crippen molar-refractivity contribution in [3.8, 4) is 0 Å². The summed E-state index contributed by atoms with van der Waals surface area (Å²) in [6, 6.07) is 14.0. The molecule has 136 valence electrons. The molecule has 1 saturated heterocycles. The Morgan fingerprint density at radius 3 is 2.50 bits per heavy atom. The number of aromatic nitrogens is 1. The Balaban J connectivity index is 1.54. The average molecular weight is 351 g/mol. The van der Waals surface area contributed by atoms with Gasteiger partial charge in [0.05, 0.1) is 18.2 Å². The van der Waals surface area contributed by atoms with E-state index in [1.54, 1.807) is 6.20 Å². The lowest BCUT2D eigenvalue weighted by Crippen LogP contribution is -2.47. The maximum absolute atomic E-state index is 13.1. The van der Waals surface area contributed by atoms with Crippen molar-refractivity contribution in [2.45, 2.75) is 25.0 Å². The van der Waals surface area contributed by atoms with Crippen LogP contribution in [0, 0.1) is 5.92 Å². The van der Waals surface area contributed by atoms with Gasteiger partial charge >= 0.3 is 0 Å². The Labute approximate surface area is 154 Å². The SMILES string of the molecule is CN(C)c1ccc(C(=O)N2C[C@@H](c3ccccc3)O[C@@H](C3CC3)C2)cn1. The van der Waals surface area contributed by atoms with E-state index in [4.69, 9.17) is 4.74 Å². The quantitative estimate of drug-likeness (QED) is 0.849. The number of carbonyl (C=O) groups is 1. The number of rotatable bonds is 4. The smallest absolute Gasteiger partial charge is 0.255 e. The van der Waals surface area contributed by atoms with Crippen molar-refractivity contribution in [1.29, 1.82) is 0 Å². The van der Waals surface area contributed by atoms with Gasteiger partial charge in [-0.05, 0) is 36.5 Å². The van der Waals surface area contributed by atoms with Crippen LogP contribution in [-0.4, -0.2) is 49.1 Å². The van der Waals surface area contributed by atoms with Gasteiger partial charge in [0.25, 0.3) is 5.91 Å². The van der Waals surface area contributed by atoms with Gasteiger partial charge in [-0.2, -0.15) is 0 Å². The molecule has 1 amide bonds. The normalized spacial score (nSPS) is 22.9. The number of amides is 1. The number of morpholine rings is 1. The number of carbonyl (C=O) groups excluding carboxylic acids is 1. The van der Waals surface area contributed by atoms with E-state index in [0.29, 0.717) is 24.6 Å². The molecule has 1 aliphatic carbocycles. The summed E-state index contributed by atoms with van der Waals surface area (Å²) < 4.78 is 6.35. The van der Waals surface area contributed by atoms with Crippen LogP contribution in [0.5, 0.6) is 0 Å². The van der Waals surface area contributed by atoms with E-state index >= 15 is 0 Å². The summed E-state index contributed by atoms with van der Waals surface area (Å²) >= 11 is 0. The fourth-order valence-electron chi connectivity index (χ4n) is 3.49. The standard InChI is InChI=1S/C21H25N3O2/c1-23(2)20-11-10-17(12-22-20)21(25)24-13-18(15-6-4-3-5-7-15)26-19(14-24)16-8-9-16/h3-7,10-12,16,18-19H,8-9,13-14H2,1-2H3/t18-,19+/m0/s1. The van der Waals surface area contributed by atoms with E-state index in [1.165, 1.54) is 12.8 Å². The van der Waals surface area contributed by atoms with E-state index in [0.717, 1.165) is 11.4 Å². The summed E-state index contributed by atoms with van der Waals surface area (Å²) in [6.45, 7) is 1.25. The van der Waals surface area contributed by atoms with Gasteiger partial charge < -0.3 is 14.5 Å². The molecule has 0 unspecified atom stereocenters. The van der Waals surface area contributed by atoms with Crippen molar-refractivity contribution in [3.05, 3.63) is 59.8 Å². The molecule has 1 aromatic heterocycles. The van der Waals surface area contributed by atoms with E-state index in [2.05, 4.69) is 17.1 Å². The van der Waals surface area contributed by atoms with Crippen LogP contribution in [0.1, 0.15) is 34.9 Å². The second-order valence-electron chi connectivity index (χ2n) is 7.42. The fourth-order valence-corrected chi connectivity index (χ4v) is 3.49. The van der Waals surface area contributed by atoms with Crippen LogP contribution >= 0.6 is 0 Å². The first-order chi connectivity index (χ1) is 12.6. The van der Waals surface area contributed by atoms with Crippen molar-refractivity contribution in [1.82, 2.24) is 9.88 Å². The molecule has 2 heterocycles. The third-order valence-corrected chi connectivity index (χ3v) is 5.18. The molecule has 4 rings (SSSR count). The topological polar surface area (TPSA) is 45.7 Å². The Morgan fingerprint density at radius 2 is 1.88 bits per heavy atom.